The van der Waals surface area contributed by atoms with E-state index in [2.05, 4.69) is 20.6 Å². The van der Waals surface area contributed by atoms with Gasteiger partial charge in [0.05, 0.1) is 12.4 Å². The first kappa shape index (κ1) is 12.8. The zero-order chi connectivity index (χ0) is 13.0. The lowest BCUT2D eigenvalue weighted by Crippen LogP contribution is -2.30. The molecule has 1 aromatic heterocycles. The second-order valence-corrected chi connectivity index (χ2v) is 5.04. The number of nitrogens with zero attached hydrogens (tertiary/aromatic N) is 2. The lowest BCUT2D eigenvalue weighted by molar-refractivity contribution is 0.0937. The van der Waals surface area contributed by atoms with E-state index in [1.807, 2.05) is 13.8 Å². The molecule has 0 radical (unpaired) electrons. The molecule has 0 unspecified atom stereocenters. The second kappa shape index (κ2) is 5.80. The van der Waals surface area contributed by atoms with Gasteiger partial charge in [-0.3, -0.25) is 4.79 Å². The maximum Gasteiger partial charge on any atom is 0.271 e. The summed E-state index contributed by atoms with van der Waals surface area (Å²) in [6.45, 7) is 3.84. The maximum atomic E-state index is 11.7. The van der Waals surface area contributed by atoms with E-state index in [1.165, 1.54) is 31.9 Å². The SMILES string of the molecule is CC(C)NC(=O)c1cnc(NC2CCCC2)cn1. The lowest BCUT2D eigenvalue weighted by atomic mass is 10.2. The highest BCUT2D eigenvalue weighted by Gasteiger charge is 2.15. The molecule has 0 atom stereocenters. The lowest BCUT2D eigenvalue weighted by Gasteiger charge is -2.12. The largest absolute Gasteiger partial charge is 0.366 e. The molecule has 1 heterocycles. The van der Waals surface area contributed by atoms with E-state index in [9.17, 15) is 4.79 Å². The first-order chi connectivity index (χ1) is 8.65. The molecule has 1 aromatic rings. The summed E-state index contributed by atoms with van der Waals surface area (Å²) in [6.07, 6.45) is 8.09. The molecular weight excluding hydrogens is 228 g/mol. The summed E-state index contributed by atoms with van der Waals surface area (Å²) in [7, 11) is 0. The van der Waals surface area contributed by atoms with Crippen molar-refractivity contribution in [2.75, 3.05) is 5.32 Å². The molecule has 1 saturated carbocycles. The third-order valence-corrected chi connectivity index (χ3v) is 3.01. The Hall–Kier alpha value is -1.65. The van der Waals surface area contributed by atoms with E-state index in [1.54, 1.807) is 6.20 Å². The number of rotatable bonds is 4. The van der Waals surface area contributed by atoms with E-state index >= 15 is 0 Å². The number of carbonyl (C=O) groups excluding carboxylic acids is 1. The molecule has 98 valence electrons. The van der Waals surface area contributed by atoms with E-state index < -0.39 is 0 Å². The summed E-state index contributed by atoms with van der Waals surface area (Å²) in [5, 5.41) is 6.13. The molecule has 0 aromatic carbocycles. The fourth-order valence-electron chi connectivity index (χ4n) is 2.14. The van der Waals surface area contributed by atoms with Gasteiger partial charge >= 0.3 is 0 Å². The molecule has 2 N–H and O–H groups in total. The monoisotopic (exact) mass is 248 g/mol. The Labute approximate surface area is 107 Å². The predicted octanol–water partition coefficient (Wildman–Crippen LogP) is 1.97. The Bertz CT molecular complexity index is 396. The van der Waals surface area contributed by atoms with Crippen LogP contribution in [0.3, 0.4) is 0 Å². The predicted molar refractivity (Wildman–Crippen MR) is 70.5 cm³/mol. The van der Waals surface area contributed by atoms with E-state index in [0.29, 0.717) is 11.7 Å². The van der Waals surface area contributed by atoms with E-state index in [0.717, 1.165) is 5.82 Å². The highest BCUT2D eigenvalue weighted by molar-refractivity contribution is 5.92. The average Bonchev–Trinajstić information content (AvgIpc) is 2.82. The number of amides is 1. The van der Waals surface area contributed by atoms with Crippen molar-refractivity contribution in [3.8, 4) is 0 Å². The summed E-state index contributed by atoms with van der Waals surface area (Å²) < 4.78 is 0. The van der Waals surface area contributed by atoms with E-state index in [-0.39, 0.29) is 11.9 Å². The van der Waals surface area contributed by atoms with Crippen LogP contribution in [0.4, 0.5) is 5.82 Å². The number of nitrogens with one attached hydrogen (secondary N) is 2. The summed E-state index contributed by atoms with van der Waals surface area (Å²) in [4.78, 5) is 20.0. The van der Waals surface area contributed by atoms with Crippen molar-refractivity contribution >= 4 is 11.7 Å². The van der Waals surface area contributed by atoms with Crippen molar-refractivity contribution in [1.82, 2.24) is 15.3 Å². The molecule has 2 rings (SSSR count). The molecule has 0 aliphatic heterocycles. The molecule has 5 heteroatoms. The zero-order valence-electron chi connectivity index (χ0n) is 10.9. The van der Waals surface area contributed by atoms with Crippen LogP contribution in [-0.4, -0.2) is 28.0 Å². The summed E-state index contributed by atoms with van der Waals surface area (Å²) in [6, 6.07) is 0.616. The molecule has 18 heavy (non-hydrogen) atoms. The molecule has 0 saturated heterocycles. The number of hydrogen-bond donors (Lipinski definition) is 2. The van der Waals surface area contributed by atoms with Crippen molar-refractivity contribution in [3.05, 3.63) is 18.1 Å². The first-order valence-corrected chi connectivity index (χ1v) is 6.54. The Kier molecular flexibility index (Phi) is 4.12. The molecule has 1 amide bonds. The summed E-state index contributed by atoms with van der Waals surface area (Å²) in [5.41, 5.74) is 0.362. The molecule has 0 spiro atoms. The van der Waals surface area contributed by atoms with Gasteiger partial charge in [0.15, 0.2) is 0 Å². The number of aromatic nitrogens is 2. The third-order valence-electron chi connectivity index (χ3n) is 3.01. The first-order valence-electron chi connectivity index (χ1n) is 6.54. The average molecular weight is 248 g/mol. The maximum absolute atomic E-state index is 11.7. The van der Waals surface area contributed by atoms with Gasteiger partial charge in [-0.05, 0) is 26.7 Å². The molecular formula is C13H20N4O. The van der Waals surface area contributed by atoms with E-state index in [4.69, 9.17) is 0 Å². The van der Waals surface area contributed by atoms with Crippen LogP contribution in [0.5, 0.6) is 0 Å². The van der Waals surface area contributed by atoms with Crippen molar-refractivity contribution in [2.45, 2.75) is 51.6 Å². The van der Waals surface area contributed by atoms with Crippen molar-refractivity contribution in [3.63, 3.8) is 0 Å². The second-order valence-electron chi connectivity index (χ2n) is 5.04. The topological polar surface area (TPSA) is 66.9 Å². The van der Waals surface area contributed by atoms with Gasteiger partial charge in [0.25, 0.3) is 5.91 Å². The molecule has 0 bridgehead atoms. The van der Waals surface area contributed by atoms with Gasteiger partial charge in [0, 0.05) is 12.1 Å². The minimum Gasteiger partial charge on any atom is -0.366 e. The van der Waals surface area contributed by atoms with Crippen LogP contribution < -0.4 is 10.6 Å². The van der Waals surface area contributed by atoms with Gasteiger partial charge in [0.2, 0.25) is 0 Å². The number of hydrogen-bond acceptors (Lipinski definition) is 4. The fourth-order valence-corrected chi connectivity index (χ4v) is 2.14. The Balaban J connectivity index is 1.94. The van der Waals surface area contributed by atoms with Crippen LogP contribution in [0, 0.1) is 0 Å². The van der Waals surface area contributed by atoms with Crippen molar-refractivity contribution in [2.24, 2.45) is 0 Å². The van der Waals surface area contributed by atoms with Crippen LogP contribution in [0.2, 0.25) is 0 Å². The van der Waals surface area contributed by atoms with Crippen LogP contribution in [0.25, 0.3) is 0 Å². The van der Waals surface area contributed by atoms with Gasteiger partial charge in [-0.1, -0.05) is 12.8 Å². The van der Waals surface area contributed by atoms with Gasteiger partial charge < -0.3 is 10.6 Å². The van der Waals surface area contributed by atoms with Gasteiger partial charge in [-0.25, -0.2) is 9.97 Å². The van der Waals surface area contributed by atoms with Crippen molar-refractivity contribution in [1.29, 1.82) is 0 Å². The smallest absolute Gasteiger partial charge is 0.271 e. The summed E-state index contributed by atoms with van der Waals surface area (Å²) in [5.74, 6) is 0.577. The standard InChI is InChI=1S/C13H20N4O/c1-9(2)16-13(18)11-7-15-12(8-14-11)17-10-5-3-4-6-10/h7-10H,3-6H2,1-2H3,(H,15,17)(H,16,18). The van der Waals surface area contributed by atoms with Crippen LogP contribution in [-0.2, 0) is 0 Å². The molecule has 1 fully saturated rings. The summed E-state index contributed by atoms with van der Waals surface area (Å²) >= 11 is 0. The Morgan fingerprint density at radius 3 is 2.56 bits per heavy atom. The minimum absolute atomic E-state index is 0.107. The molecule has 5 nitrogen and oxygen atoms in total. The number of carbonyl (C=O) groups is 1. The van der Waals surface area contributed by atoms with Crippen LogP contribution >= 0.6 is 0 Å². The van der Waals surface area contributed by atoms with Crippen LogP contribution in [0.15, 0.2) is 12.4 Å². The van der Waals surface area contributed by atoms with Gasteiger partial charge in [-0.15, -0.1) is 0 Å². The molecule has 1 aliphatic rings. The highest BCUT2D eigenvalue weighted by atomic mass is 16.1. The third kappa shape index (κ3) is 3.42. The van der Waals surface area contributed by atoms with Crippen LogP contribution in [0.1, 0.15) is 50.0 Å². The minimum atomic E-state index is -0.176. The van der Waals surface area contributed by atoms with Crippen molar-refractivity contribution < 1.29 is 4.79 Å². The quantitative estimate of drug-likeness (QED) is 0.855. The molecule has 1 aliphatic carbocycles. The fraction of sp³-hybridized carbons (Fsp3) is 0.615. The highest BCUT2D eigenvalue weighted by Crippen LogP contribution is 2.20. The zero-order valence-corrected chi connectivity index (χ0v) is 10.9. The van der Waals surface area contributed by atoms with Gasteiger partial charge in [-0.2, -0.15) is 0 Å². The van der Waals surface area contributed by atoms with Gasteiger partial charge in [0.1, 0.15) is 11.5 Å². The Morgan fingerprint density at radius 1 is 1.28 bits per heavy atom. The Morgan fingerprint density at radius 2 is 2.00 bits per heavy atom. The number of anilines is 1. The normalized spacial score (nSPS) is 15.9.